The second-order valence-electron chi connectivity index (χ2n) is 4.08. The molecule has 0 spiro atoms. The Balaban J connectivity index is 2.78. The van der Waals surface area contributed by atoms with E-state index in [1.54, 1.807) is 22.8 Å². The van der Waals surface area contributed by atoms with Crippen LogP contribution in [0.3, 0.4) is 0 Å². The maximum atomic E-state index is 12.2. The van der Waals surface area contributed by atoms with Gasteiger partial charge in [0.2, 0.25) is 10.0 Å². The summed E-state index contributed by atoms with van der Waals surface area (Å²) in [5, 5.41) is 9.41. The minimum absolute atomic E-state index is 0.128. The first kappa shape index (κ1) is 12.6. The van der Waals surface area contributed by atoms with E-state index in [0.29, 0.717) is 5.39 Å². The quantitative estimate of drug-likeness (QED) is 0.841. The van der Waals surface area contributed by atoms with Crippen LogP contribution in [0.5, 0.6) is 0 Å². The van der Waals surface area contributed by atoms with Crippen LogP contribution in [0.1, 0.15) is 0 Å². The number of hydrogen-bond donors (Lipinski definition) is 0. The van der Waals surface area contributed by atoms with Crippen LogP contribution in [-0.4, -0.2) is 31.4 Å². The largest absolute Gasteiger partial charge is 0.332 e. The van der Waals surface area contributed by atoms with Crippen molar-refractivity contribution < 1.29 is 8.42 Å². The fourth-order valence-electron chi connectivity index (χ4n) is 1.82. The maximum Gasteiger partial charge on any atom is 0.244 e. The third-order valence-electron chi connectivity index (χ3n) is 2.75. The van der Waals surface area contributed by atoms with Crippen molar-refractivity contribution in [3.63, 3.8) is 0 Å². The van der Waals surface area contributed by atoms with Crippen molar-refractivity contribution in [1.29, 1.82) is 5.26 Å². The molecule has 0 unspecified atom stereocenters. The van der Waals surface area contributed by atoms with Gasteiger partial charge in [0.25, 0.3) is 0 Å². The van der Waals surface area contributed by atoms with Crippen molar-refractivity contribution in [2.24, 2.45) is 0 Å². The molecule has 0 aliphatic rings. The molecule has 0 fully saturated rings. The lowest BCUT2D eigenvalue weighted by molar-refractivity contribution is 0.521. The molecule has 2 rings (SSSR count). The highest BCUT2D eigenvalue weighted by Crippen LogP contribution is 2.26. The lowest BCUT2D eigenvalue weighted by Crippen LogP contribution is -2.21. The molecule has 1 aromatic heterocycles. The third kappa shape index (κ3) is 1.88. The normalized spacial score (nSPS) is 11.9. The van der Waals surface area contributed by atoms with E-state index in [2.05, 4.69) is 0 Å². The van der Waals surface area contributed by atoms with Gasteiger partial charge in [-0.15, -0.1) is 0 Å². The van der Waals surface area contributed by atoms with Crippen molar-refractivity contribution in [1.82, 2.24) is 8.87 Å². The molecule has 6 heteroatoms. The van der Waals surface area contributed by atoms with Gasteiger partial charge < -0.3 is 4.57 Å². The summed E-state index contributed by atoms with van der Waals surface area (Å²) in [4.78, 5) is 0.235. The molecule has 0 saturated carbocycles. The number of nitriles is 1. The molecule has 0 atom stereocenters. The minimum Gasteiger partial charge on any atom is -0.332 e. The highest BCUT2D eigenvalue weighted by molar-refractivity contribution is 7.89. The van der Waals surface area contributed by atoms with Crippen molar-refractivity contribution >= 4 is 20.9 Å². The number of sulfonamides is 1. The summed E-state index contributed by atoms with van der Waals surface area (Å²) in [5.41, 5.74) is 0.750. The molecule has 0 radical (unpaired) electrons. The van der Waals surface area contributed by atoms with Gasteiger partial charge in [-0.05, 0) is 6.07 Å². The van der Waals surface area contributed by atoms with Gasteiger partial charge in [-0.1, -0.05) is 18.2 Å². The average Bonchev–Trinajstić information content (AvgIpc) is 2.70. The molecule has 0 N–H and O–H groups in total. The average molecular weight is 263 g/mol. The highest BCUT2D eigenvalue weighted by atomic mass is 32.2. The van der Waals surface area contributed by atoms with Crippen LogP contribution in [0.15, 0.2) is 35.4 Å². The van der Waals surface area contributed by atoms with E-state index >= 15 is 0 Å². The van der Waals surface area contributed by atoms with Crippen LogP contribution >= 0.6 is 0 Å². The Hall–Kier alpha value is -1.84. The van der Waals surface area contributed by atoms with Gasteiger partial charge in [0.05, 0.1) is 11.6 Å². The van der Waals surface area contributed by atoms with Gasteiger partial charge in [-0.3, -0.25) is 0 Å². The Morgan fingerprint density at radius 3 is 2.61 bits per heavy atom. The summed E-state index contributed by atoms with van der Waals surface area (Å²) < 4.78 is 27.2. The Bertz CT molecular complexity index is 723. The first-order valence-electron chi connectivity index (χ1n) is 5.36. The maximum absolute atomic E-state index is 12.2. The molecule has 2 aromatic rings. The van der Waals surface area contributed by atoms with Crippen molar-refractivity contribution in [3.05, 3.63) is 30.5 Å². The van der Waals surface area contributed by atoms with Gasteiger partial charge in [0, 0.05) is 25.7 Å². The first-order chi connectivity index (χ1) is 8.48. The van der Waals surface area contributed by atoms with Crippen LogP contribution in [0, 0.1) is 11.3 Å². The Labute approximate surface area is 106 Å². The second kappa shape index (κ2) is 4.44. The van der Waals surface area contributed by atoms with Gasteiger partial charge in [0.1, 0.15) is 11.4 Å². The lowest BCUT2D eigenvalue weighted by Gasteiger charge is -2.09. The molecular weight excluding hydrogens is 250 g/mol. The Morgan fingerprint density at radius 1 is 1.33 bits per heavy atom. The Kier molecular flexibility index (Phi) is 3.11. The molecule has 94 valence electrons. The van der Waals surface area contributed by atoms with Crippen LogP contribution < -0.4 is 0 Å². The summed E-state index contributed by atoms with van der Waals surface area (Å²) >= 11 is 0. The second-order valence-corrected chi connectivity index (χ2v) is 6.20. The Morgan fingerprint density at radius 2 is 2.00 bits per heavy atom. The van der Waals surface area contributed by atoms with E-state index in [9.17, 15) is 8.42 Å². The zero-order valence-electron chi connectivity index (χ0n) is 10.2. The smallest absolute Gasteiger partial charge is 0.244 e. The van der Waals surface area contributed by atoms with Gasteiger partial charge >= 0.3 is 0 Å². The summed E-state index contributed by atoms with van der Waals surface area (Å²) in [7, 11) is -0.514. The summed E-state index contributed by atoms with van der Waals surface area (Å²) in [6, 6.07) is 9.19. The van der Waals surface area contributed by atoms with Crippen molar-refractivity contribution in [3.8, 4) is 6.07 Å². The third-order valence-corrected chi connectivity index (χ3v) is 4.59. The van der Waals surface area contributed by atoms with Crippen molar-refractivity contribution in [2.45, 2.75) is 11.4 Å². The number of para-hydroxylation sites is 1. The van der Waals surface area contributed by atoms with Crippen LogP contribution in [0.4, 0.5) is 0 Å². The molecule has 0 aliphatic heterocycles. The van der Waals surface area contributed by atoms with E-state index in [0.717, 1.165) is 5.52 Å². The monoisotopic (exact) mass is 263 g/mol. The van der Waals surface area contributed by atoms with Gasteiger partial charge in [-0.2, -0.15) is 5.26 Å². The zero-order valence-corrected chi connectivity index (χ0v) is 11.0. The molecule has 0 amide bonds. The number of hydrogen-bond acceptors (Lipinski definition) is 3. The molecular formula is C12H13N3O2S. The SMILES string of the molecule is CN(C)S(=O)(=O)c1cn(CC#N)c2ccccc12. The summed E-state index contributed by atoms with van der Waals surface area (Å²) in [6.07, 6.45) is 1.52. The first-order valence-corrected chi connectivity index (χ1v) is 6.80. The van der Waals surface area contributed by atoms with Crippen LogP contribution in [0.25, 0.3) is 10.9 Å². The van der Waals surface area contributed by atoms with Crippen molar-refractivity contribution in [2.75, 3.05) is 14.1 Å². The molecule has 5 nitrogen and oxygen atoms in total. The lowest BCUT2D eigenvalue weighted by atomic mass is 10.2. The molecule has 0 aliphatic carbocycles. The predicted octanol–water partition coefficient (Wildman–Crippen LogP) is 1.42. The molecule has 1 heterocycles. The fourth-order valence-corrected chi connectivity index (χ4v) is 2.93. The molecule has 18 heavy (non-hydrogen) atoms. The topological polar surface area (TPSA) is 66.1 Å². The van der Waals surface area contributed by atoms with E-state index in [1.165, 1.54) is 24.6 Å². The number of nitrogens with zero attached hydrogens (tertiary/aromatic N) is 3. The molecule has 0 bridgehead atoms. The minimum atomic E-state index is -3.50. The van der Waals surface area contributed by atoms with Gasteiger partial charge in [-0.25, -0.2) is 12.7 Å². The van der Waals surface area contributed by atoms with Crippen LogP contribution in [-0.2, 0) is 16.6 Å². The van der Waals surface area contributed by atoms with E-state index in [4.69, 9.17) is 5.26 Å². The molecule has 0 saturated heterocycles. The van der Waals surface area contributed by atoms with E-state index in [1.807, 2.05) is 12.1 Å². The number of benzene rings is 1. The molecule has 1 aromatic carbocycles. The van der Waals surface area contributed by atoms with Gasteiger partial charge in [0.15, 0.2) is 0 Å². The number of fused-ring (bicyclic) bond motifs is 1. The van der Waals surface area contributed by atoms with Crippen LogP contribution in [0.2, 0.25) is 0 Å². The number of rotatable bonds is 3. The van der Waals surface area contributed by atoms with E-state index in [-0.39, 0.29) is 11.4 Å². The number of aromatic nitrogens is 1. The fraction of sp³-hybridized carbons (Fsp3) is 0.250. The zero-order chi connectivity index (χ0) is 13.3. The highest BCUT2D eigenvalue weighted by Gasteiger charge is 2.22. The summed E-state index contributed by atoms with van der Waals surface area (Å²) in [5.74, 6) is 0. The predicted molar refractivity (Wildman–Crippen MR) is 68.4 cm³/mol. The standard InChI is InChI=1S/C12H13N3O2S/c1-14(2)18(16,17)12-9-15(8-7-13)11-6-4-3-5-10(11)12/h3-6,9H,8H2,1-2H3. The van der Waals surface area contributed by atoms with E-state index < -0.39 is 10.0 Å². The summed E-state index contributed by atoms with van der Waals surface area (Å²) in [6.45, 7) is 0.128.